The van der Waals surface area contributed by atoms with Gasteiger partial charge in [0.05, 0.1) is 36.9 Å². The number of aliphatic carboxylic acids is 1. The fraction of sp³-hybridized carbons (Fsp3) is 0.600. The lowest BCUT2D eigenvalue weighted by molar-refractivity contribution is -0.139. The Kier molecular flexibility index (Phi) is 5.07. The van der Waals surface area contributed by atoms with Crippen molar-refractivity contribution >= 4 is 11.9 Å². The van der Waals surface area contributed by atoms with Crippen molar-refractivity contribution in [1.82, 2.24) is 14.9 Å². The third-order valence-electron chi connectivity index (χ3n) is 3.64. The predicted octanol–water partition coefficient (Wildman–Crippen LogP) is 1.22. The molecule has 1 aliphatic heterocycles. The van der Waals surface area contributed by atoms with Gasteiger partial charge in [-0.3, -0.25) is 9.59 Å². The molecule has 2 heterocycles. The molecule has 1 aromatic heterocycles. The summed E-state index contributed by atoms with van der Waals surface area (Å²) < 4.78 is 5.29. The first-order valence-electron chi connectivity index (χ1n) is 7.34. The fourth-order valence-electron chi connectivity index (χ4n) is 2.42. The van der Waals surface area contributed by atoms with E-state index >= 15 is 0 Å². The Bertz CT molecular complexity index is 574. The van der Waals surface area contributed by atoms with Crippen LogP contribution in [0.3, 0.4) is 0 Å². The highest BCUT2D eigenvalue weighted by molar-refractivity contribution is 5.95. The van der Waals surface area contributed by atoms with E-state index in [9.17, 15) is 9.59 Å². The molecule has 2 rings (SSSR count). The smallest absolute Gasteiger partial charge is 0.305 e. The Morgan fingerprint density at radius 2 is 2.23 bits per heavy atom. The number of ether oxygens (including phenoxy) is 1. The molecule has 7 heteroatoms. The number of carboxylic acid groups (broad SMARTS) is 1. The molecular formula is C15H21N3O4. The van der Waals surface area contributed by atoms with Crippen LogP contribution in [-0.2, 0) is 9.53 Å². The zero-order valence-electron chi connectivity index (χ0n) is 13.1. The quantitative estimate of drug-likeness (QED) is 0.899. The van der Waals surface area contributed by atoms with Gasteiger partial charge >= 0.3 is 5.97 Å². The predicted molar refractivity (Wildman–Crippen MR) is 78.8 cm³/mol. The number of aryl methyl sites for hydroxylation is 1. The van der Waals surface area contributed by atoms with Crippen LogP contribution in [0.5, 0.6) is 0 Å². The van der Waals surface area contributed by atoms with Crippen molar-refractivity contribution in [1.29, 1.82) is 0 Å². The normalized spacial score (nSPS) is 18.5. The van der Waals surface area contributed by atoms with Crippen molar-refractivity contribution in [2.75, 3.05) is 19.8 Å². The van der Waals surface area contributed by atoms with Crippen LogP contribution in [0, 0.1) is 6.92 Å². The second-order valence-electron chi connectivity index (χ2n) is 5.71. The zero-order chi connectivity index (χ0) is 16.3. The van der Waals surface area contributed by atoms with E-state index in [1.807, 2.05) is 13.8 Å². The molecule has 0 spiro atoms. The molecule has 1 saturated heterocycles. The molecular weight excluding hydrogens is 286 g/mol. The summed E-state index contributed by atoms with van der Waals surface area (Å²) >= 11 is 0. The zero-order valence-corrected chi connectivity index (χ0v) is 13.1. The summed E-state index contributed by atoms with van der Waals surface area (Å²) in [6.45, 7) is 6.77. The molecule has 1 unspecified atom stereocenters. The van der Waals surface area contributed by atoms with E-state index in [4.69, 9.17) is 9.84 Å². The largest absolute Gasteiger partial charge is 0.481 e. The number of carbonyl (C=O) groups excluding carboxylic acids is 1. The summed E-state index contributed by atoms with van der Waals surface area (Å²) in [4.78, 5) is 33.8. The van der Waals surface area contributed by atoms with Crippen LogP contribution in [0.2, 0.25) is 0 Å². The molecule has 7 nitrogen and oxygen atoms in total. The summed E-state index contributed by atoms with van der Waals surface area (Å²) in [6.07, 6.45) is 1.41. The topological polar surface area (TPSA) is 92.6 Å². The number of aromatic nitrogens is 2. The van der Waals surface area contributed by atoms with Crippen molar-refractivity contribution in [2.45, 2.75) is 39.2 Å². The second-order valence-corrected chi connectivity index (χ2v) is 5.71. The van der Waals surface area contributed by atoms with E-state index in [0.717, 1.165) is 0 Å². The number of hydrogen-bond donors (Lipinski definition) is 1. The third-order valence-corrected chi connectivity index (χ3v) is 3.64. The molecule has 0 aromatic carbocycles. The second kappa shape index (κ2) is 6.83. The molecule has 1 fully saturated rings. The molecule has 0 saturated carbocycles. The van der Waals surface area contributed by atoms with E-state index in [2.05, 4.69) is 9.97 Å². The standard InChI is InChI=1S/C15H21N3O4/c1-9(2)14-16-7-12(10(3)17-14)15(21)18-4-5-22-8-11(18)6-13(19)20/h7,9,11H,4-6,8H2,1-3H3,(H,19,20). The van der Waals surface area contributed by atoms with Crippen molar-refractivity contribution in [3.63, 3.8) is 0 Å². The van der Waals surface area contributed by atoms with Crippen molar-refractivity contribution < 1.29 is 19.4 Å². The average molecular weight is 307 g/mol. The lowest BCUT2D eigenvalue weighted by Crippen LogP contribution is -2.49. The van der Waals surface area contributed by atoms with Crippen LogP contribution in [0.1, 0.15) is 48.1 Å². The summed E-state index contributed by atoms with van der Waals surface area (Å²) in [5, 5.41) is 8.97. The van der Waals surface area contributed by atoms with Crippen molar-refractivity contribution in [3.8, 4) is 0 Å². The lowest BCUT2D eigenvalue weighted by Gasteiger charge is -2.35. The number of nitrogens with zero attached hydrogens (tertiary/aromatic N) is 3. The Balaban J connectivity index is 2.23. The van der Waals surface area contributed by atoms with Crippen LogP contribution in [-0.4, -0.2) is 57.7 Å². The first-order valence-corrected chi connectivity index (χ1v) is 7.34. The van der Waals surface area contributed by atoms with Crippen LogP contribution >= 0.6 is 0 Å². The van der Waals surface area contributed by atoms with Gasteiger partial charge in [0.15, 0.2) is 0 Å². The van der Waals surface area contributed by atoms with Crippen LogP contribution in [0.4, 0.5) is 0 Å². The van der Waals surface area contributed by atoms with Crippen molar-refractivity contribution in [3.05, 3.63) is 23.3 Å². The first kappa shape index (κ1) is 16.4. The SMILES string of the molecule is Cc1nc(C(C)C)ncc1C(=O)N1CCOCC1CC(=O)O. The monoisotopic (exact) mass is 307 g/mol. The fourth-order valence-corrected chi connectivity index (χ4v) is 2.42. The van der Waals surface area contributed by atoms with Crippen LogP contribution in [0.15, 0.2) is 6.20 Å². The Labute approximate surface area is 129 Å². The minimum atomic E-state index is -0.948. The van der Waals surface area contributed by atoms with E-state index in [0.29, 0.717) is 30.2 Å². The lowest BCUT2D eigenvalue weighted by atomic mass is 10.1. The Morgan fingerprint density at radius 3 is 2.82 bits per heavy atom. The van der Waals surface area contributed by atoms with Crippen LogP contribution < -0.4 is 0 Å². The highest BCUT2D eigenvalue weighted by atomic mass is 16.5. The number of amides is 1. The molecule has 0 aliphatic carbocycles. The highest BCUT2D eigenvalue weighted by Crippen LogP contribution is 2.18. The molecule has 1 aliphatic rings. The van der Waals surface area contributed by atoms with E-state index in [-0.39, 0.29) is 24.9 Å². The van der Waals surface area contributed by atoms with Crippen molar-refractivity contribution in [2.24, 2.45) is 0 Å². The molecule has 0 radical (unpaired) electrons. The van der Waals surface area contributed by atoms with E-state index < -0.39 is 12.0 Å². The van der Waals surface area contributed by atoms with Gasteiger partial charge in [-0.05, 0) is 6.92 Å². The maximum absolute atomic E-state index is 12.7. The van der Waals surface area contributed by atoms with Gasteiger partial charge in [0.2, 0.25) is 0 Å². The Morgan fingerprint density at radius 1 is 1.50 bits per heavy atom. The first-order chi connectivity index (χ1) is 10.4. The van der Waals surface area contributed by atoms with E-state index in [1.165, 1.54) is 6.20 Å². The molecule has 120 valence electrons. The summed E-state index contributed by atoms with van der Waals surface area (Å²) in [5.74, 6) is -0.303. The van der Waals surface area contributed by atoms with Gasteiger partial charge in [-0.1, -0.05) is 13.8 Å². The van der Waals surface area contributed by atoms with Crippen LogP contribution in [0.25, 0.3) is 0 Å². The number of carbonyl (C=O) groups is 2. The van der Waals surface area contributed by atoms with Gasteiger partial charge in [-0.2, -0.15) is 0 Å². The maximum Gasteiger partial charge on any atom is 0.305 e. The molecule has 0 bridgehead atoms. The third kappa shape index (κ3) is 3.59. The summed E-state index contributed by atoms with van der Waals surface area (Å²) in [6, 6.07) is -0.456. The van der Waals surface area contributed by atoms with Gasteiger partial charge in [-0.25, -0.2) is 9.97 Å². The average Bonchev–Trinajstić information content (AvgIpc) is 2.46. The summed E-state index contributed by atoms with van der Waals surface area (Å²) in [5.41, 5.74) is 1.03. The van der Waals surface area contributed by atoms with Gasteiger partial charge in [-0.15, -0.1) is 0 Å². The number of morpholine rings is 1. The van der Waals surface area contributed by atoms with Gasteiger partial charge in [0, 0.05) is 18.7 Å². The van der Waals surface area contributed by atoms with Gasteiger partial charge in [0.1, 0.15) is 5.82 Å². The minimum Gasteiger partial charge on any atom is -0.481 e. The Hall–Kier alpha value is -2.02. The highest BCUT2D eigenvalue weighted by Gasteiger charge is 2.31. The minimum absolute atomic E-state index is 0.129. The number of carboxylic acids is 1. The maximum atomic E-state index is 12.7. The number of rotatable bonds is 4. The van der Waals surface area contributed by atoms with Gasteiger partial charge in [0.25, 0.3) is 5.91 Å². The summed E-state index contributed by atoms with van der Waals surface area (Å²) in [7, 11) is 0. The molecule has 22 heavy (non-hydrogen) atoms. The molecule has 1 amide bonds. The van der Waals surface area contributed by atoms with Gasteiger partial charge < -0.3 is 14.7 Å². The van der Waals surface area contributed by atoms with E-state index in [1.54, 1.807) is 11.8 Å². The molecule has 1 atom stereocenters. The number of hydrogen-bond acceptors (Lipinski definition) is 5. The molecule has 1 aromatic rings. The molecule has 1 N–H and O–H groups in total.